The average molecular weight is 258 g/mol. The maximum atomic E-state index is 11.7. The minimum Gasteiger partial charge on any atom is -0.480 e. The molecule has 0 spiro atoms. The van der Waals surface area contributed by atoms with E-state index in [9.17, 15) is 14.7 Å². The van der Waals surface area contributed by atoms with E-state index in [4.69, 9.17) is 4.74 Å². The van der Waals surface area contributed by atoms with Crippen molar-refractivity contribution in [3.8, 4) is 0 Å². The van der Waals surface area contributed by atoms with Crippen molar-refractivity contribution in [3.05, 3.63) is 0 Å². The van der Waals surface area contributed by atoms with Crippen molar-refractivity contribution in [1.82, 2.24) is 10.6 Å². The third-order valence-corrected chi connectivity index (χ3v) is 3.17. The fourth-order valence-electron chi connectivity index (χ4n) is 1.95. The van der Waals surface area contributed by atoms with Gasteiger partial charge in [0.2, 0.25) is 0 Å². The monoisotopic (exact) mass is 258 g/mol. The van der Waals surface area contributed by atoms with Crippen LogP contribution in [-0.4, -0.2) is 42.4 Å². The van der Waals surface area contributed by atoms with Crippen molar-refractivity contribution in [3.63, 3.8) is 0 Å². The van der Waals surface area contributed by atoms with E-state index in [1.54, 1.807) is 0 Å². The number of ether oxygens (including phenoxy) is 1. The summed E-state index contributed by atoms with van der Waals surface area (Å²) in [6.45, 7) is 3.39. The van der Waals surface area contributed by atoms with Gasteiger partial charge in [-0.1, -0.05) is 19.8 Å². The van der Waals surface area contributed by atoms with E-state index in [1.807, 2.05) is 0 Å². The highest BCUT2D eigenvalue weighted by atomic mass is 16.5. The Bertz CT molecular complexity index is 288. The predicted octanol–water partition coefficient (Wildman–Crippen LogP) is 1.11. The van der Waals surface area contributed by atoms with Crippen molar-refractivity contribution in [2.75, 3.05) is 19.8 Å². The number of carboxylic acid groups (broad SMARTS) is 1. The molecule has 18 heavy (non-hydrogen) atoms. The number of rotatable bonds is 6. The number of carbonyl (C=O) groups is 2. The van der Waals surface area contributed by atoms with Gasteiger partial charge in [0.05, 0.1) is 0 Å². The standard InChI is InChI=1S/C12H22N2O4/c1-2-3-4-7-13-11(17)14-12(10(15)16)5-8-18-9-6-12/h2-9H2,1H3,(H,15,16)(H2,13,14,17). The first-order valence-electron chi connectivity index (χ1n) is 6.48. The van der Waals surface area contributed by atoms with E-state index >= 15 is 0 Å². The number of hydrogen-bond donors (Lipinski definition) is 3. The molecule has 0 unspecified atom stereocenters. The number of urea groups is 1. The van der Waals surface area contributed by atoms with E-state index in [1.165, 1.54) is 0 Å². The number of aliphatic carboxylic acids is 1. The zero-order chi connectivity index (χ0) is 13.4. The number of carboxylic acids is 1. The van der Waals surface area contributed by atoms with Gasteiger partial charge in [0, 0.05) is 32.6 Å². The van der Waals surface area contributed by atoms with E-state index in [0.29, 0.717) is 32.6 Å². The Balaban J connectivity index is 2.41. The Kier molecular flexibility index (Phi) is 5.91. The molecule has 0 saturated carbocycles. The topological polar surface area (TPSA) is 87.7 Å². The summed E-state index contributed by atoms with van der Waals surface area (Å²) >= 11 is 0. The molecule has 0 radical (unpaired) electrons. The van der Waals surface area contributed by atoms with Crippen LogP contribution in [0.5, 0.6) is 0 Å². The fourth-order valence-corrected chi connectivity index (χ4v) is 1.95. The van der Waals surface area contributed by atoms with E-state index in [0.717, 1.165) is 19.3 Å². The van der Waals surface area contributed by atoms with Crippen molar-refractivity contribution < 1.29 is 19.4 Å². The highest BCUT2D eigenvalue weighted by Crippen LogP contribution is 2.20. The molecule has 1 aliphatic heterocycles. The van der Waals surface area contributed by atoms with Crippen LogP contribution >= 0.6 is 0 Å². The second kappa shape index (κ2) is 7.20. The summed E-state index contributed by atoms with van der Waals surface area (Å²) < 4.78 is 5.13. The van der Waals surface area contributed by atoms with Crippen LogP contribution < -0.4 is 10.6 Å². The molecule has 1 aliphatic rings. The quantitative estimate of drug-likeness (QED) is 0.623. The van der Waals surface area contributed by atoms with Crippen LogP contribution in [0.1, 0.15) is 39.0 Å². The van der Waals surface area contributed by atoms with Crippen molar-refractivity contribution in [2.45, 2.75) is 44.6 Å². The zero-order valence-electron chi connectivity index (χ0n) is 10.8. The summed E-state index contributed by atoms with van der Waals surface area (Å²) in [5.41, 5.74) is -1.17. The molecule has 1 rings (SSSR count). The maximum Gasteiger partial charge on any atom is 0.329 e. The second-order valence-corrected chi connectivity index (χ2v) is 4.59. The Labute approximate surface area is 107 Å². The molecule has 6 nitrogen and oxygen atoms in total. The lowest BCUT2D eigenvalue weighted by molar-refractivity contribution is -0.148. The lowest BCUT2D eigenvalue weighted by Crippen LogP contribution is -2.59. The molecule has 1 heterocycles. The van der Waals surface area contributed by atoms with Gasteiger partial charge in [-0.15, -0.1) is 0 Å². The SMILES string of the molecule is CCCCCNC(=O)NC1(C(=O)O)CCOCC1. The largest absolute Gasteiger partial charge is 0.480 e. The van der Waals surface area contributed by atoms with Crippen LogP contribution in [0.4, 0.5) is 4.79 Å². The van der Waals surface area contributed by atoms with Crippen molar-refractivity contribution in [1.29, 1.82) is 0 Å². The van der Waals surface area contributed by atoms with Crippen LogP contribution in [0, 0.1) is 0 Å². The molecule has 0 atom stereocenters. The predicted molar refractivity (Wildman–Crippen MR) is 66.5 cm³/mol. The van der Waals surface area contributed by atoms with E-state index in [2.05, 4.69) is 17.6 Å². The van der Waals surface area contributed by atoms with Gasteiger partial charge in [-0.05, 0) is 6.42 Å². The minimum absolute atomic E-state index is 0.310. The zero-order valence-corrected chi connectivity index (χ0v) is 10.8. The van der Waals surface area contributed by atoms with Crippen molar-refractivity contribution in [2.24, 2.45) is 0 Å². The lowest BCUT2D eigenvalue weighted by Gasteiger charge is -2.33. The molecule has 3 N–H and O–H groups in total. The van der Waals surface area contributed by atoms with Gasteiger partial charge in [-0.2, -0.15) is 0 Å². The Morgan fingerprint density at radius 3 is 2.50 bits per heavy atom. The van der Waals surface area contributed by atoms with Gasteiger partial charge in [0.15, 0.2) is 0 Å². The number of hydrogen-bond acceptors (Lipinski definition) is 3. The molecule has 0 aromatic carbocycles. The van der Waals surface area contributed by atoms with Gasteiger partial charge < -0.3 is 20.5 Å². The molecule has 104 valence electrons. The highest BCUT2D eigenvalue weighted by Gasteiger charge is 2.41. The smallest absolute Gasteiger partial charge is 0.329 e. The second-order valence-electron chi connectivity index (χ2n) is 4.59. The third-order valence-electron chi connectivity index (χ3n) is 3.17. The molecule has 6 heteroatoms. The first kappa shape index (κ1) is 14.8. The third kappa shape index (κ3) is 4.18. The van der Waals surface area contributed by atoms with E-state index < -0.39 is 17.5 Å². The Morgan fingerprint density at radius 2 is 1.94 bits per heavy atom. The number of amides is 2. The average Bonchev–Trinajstić information content (AvgIpc) is 2.35. The minimum atomic E-state index is -1.17. The summed E-state index contributed by atoms with van der Waals surface area (Å²) in [5, 5.41) is 14.5. The number of nitrogens with one attached hydrogen (secondary N) is 2. The Hall–Kier alpha value is -1.30. The molecular weight excluding hydrogens is 236 g/mol. The lowest BCUT2D eigenvalue weighted by atomic mass is 9.90. The molecule has 0 bridgehead atoms. The van der Waals surface area contributed by atoms with Crippen LogP contribution in [-0.2, 0) is 9.53 Å². The normalized spacial score (nSPS) is 18.1. The fraction of sp³-hybridized carbons (Fsp3) is 0.833. The number of carbonyl (C=O) groups excluding carboxylic acids is 1. The molecular formula is C12H22N2O4. The van der Waals surface area contributed by atoms with Crippen LogP contribution in [0.15, 0.2) is 0 Å². The molecule has 0 aromatic rings. The van der Waals surface area contributed by atoms with Crippen LogP contribution in [0.3, 0.4) is 0 Å². The summed E-state index contributed by atoms with van der Waals surface area (Å²) in [6.07, 6.45) is 3.67. The first-order chi connectivity index (χ1) is 8.60. The highest BCUT2D eigenvalue weighted by molar-refractivity contribution is 5.86. The number of unbranched alkanes of at least 4 members (excludes halogenated alkanes) is 2. The first-order valence-corrected chi connectivity index (χ1v) is 6.48. The summed E-state index contributed by atoms with van der Waals surface area (Å²) in [5.74, 6) is -0.991. The van der Waals surface area contributed by atoms with E-state index in [-0.39, 0.29) is 0 Å². The summed E-state index contributed by atoms with van der Waals surface area (Å²) in [7, 11) is 0. The van der Waals surface area contributed by atoms with Gasteiger partial charge in [-0.3, -0.25) is 0 Å². The summed E-state index contributed by atoms with van der Waals surface area (Å²) in [6, 6.07) is -0.407. The van der Waals surface area contributed by atoms with Gasteiger partial charge in [0.25, 0.3) is 0 Å². The maximum absolute atomic E-state index is 11.7. The van der Waals surface area contributed by atoms with Crippen molar-refractivity contribution >= 4 is 12.0 Å². The molecule has 0 aliphatic carbocycles. The molecule has 1 saturated heterocycles. The Morgan fingerprint density at radius 1 is 1.28 bits per heavy atom. The molecule has 1 fully saturated rings. The van der Waals surface area contributed by atoms with Gasteiger partial charge in [-0.25, -0.2) is 9.59 Å². The van der Waals surface area contributed by atoms with Gasteiger partial charge >= 0.3 is 12.0 Å². The summed E-state index contributed by atoms with van der Waals surface area (Å²) in [4.78, 5) is 22.9. The molecule has 2 amide bonds. The molecule has 0 aromatic heterocycles. The van der Waals surface area contributed by atoms with Crippen LogP contribution in [0.2, 0.25) is 0 Å². The van der Waals surface area contributed by atoms with Crippen LogP contribution in [0.25, 0.3) is 0 Å². The van der Waals surface area contributed by atoms with Gasteiger partial charge in [0.1, 0.15) is 5.54 Å².